The van der Waals surface area contributed by atoms with Crippen LogP contribution in [0.15, 0.2) is 23.1 Å². The summed E-state index contributed by atoms with van der Waals surface area (Å²) in [5, 5.41) is 0. The summed E-state index contributed by atoms with van der Waals surface area (Å²) < 4.78 is 64.4. The number of sulfone groups is 1. The zero-order valence-electron chi connectivity index (χ0n) is 10.9. The highest BCUT2D eigenvalue weighted by atomic mass is 32.2. The van der Waals surface area contributed by atoms with Gasteiger partial charge >= 0.3 is 6.36 Å². The molecule has 0 aliphatic rings. The number of nitrogens with two attached hydrogens (primary N) is 1. The van der Waals surface area contributed by atoms with Gasteiger partial charge in [-0.15, -0.1) is 13.2 Å². The van der Waals surface area contributed by atoms with E-state index in [0.29, 0.717) is 12.0 Å². The summed E-state index contributed by atoms with van der Waals surface area (Å²) in [6.07, 6.45) is -4.22. The summed E-state index contributed by atoms with van der Waals surface area (Å²) in [4.78, 5) is -0.176. The molecule has 0 fully saturated rings. The third-order valence-corrected chi connectivity index (χ3v) is 4.34. The summed E-state index contributed by atoms with van der Waals surface area (Å²) in [6, 6.07) is 3.42. The smallest absolute Gasteiger partial charge is 0.406 e. The average molecular weight is 311 g/mol. The Labute approximate surface area is 115 Å². The van der Waals surface area contributed by atoms with Crippen molar-refractivity contribution in [3.63, 3.8) is 0 Å². The molecule has 0 unspecified atom stereocenters. The van der Waals surface area contributed by atoms with Gasteiger partial charge in [0, 0.05) is 0 Å². The largest absolute Gasteiger partial charge is 0.573 e. The Morgan fingerprint density at radius 2 is 1.90 bits per heavy atom. The first-order valence-electron chi connectivity index (χ1n) is 6.00. The van der Waals surface area contributed by atoms with Crippen molar-refractivity contribution in [2.24, 2.45) is 5.73 Å². The highest BCUT2D eigenvalue weighted by Gasteiger charge is 2.31. The Bertz CT molecular complexity index is 556. The third kappa shape index (κ3) is 5.01. The summed E-state index contributed by atoms with van der Waals surface area (Å²) in [5.41, 5.74) is 5.70. The van der Waals surface area contributed by atoms with E-state index in [1.54, 1.807) is 6.92 Å². The first-order valence-corrected chi connectivity index (χ1v) is 7.65. The summed E-state index contributed by atoms with van der Waals surface area (Å²) in [6.45, 7) is 1.90. The van der Waals surface area contributed by atoms with Crippen molar-refractivity contribution in [3.8, 4) is 5.75 Å². The molecule has 1 aromatic carbocycles. The van der Waals surface area contributed by atoms with Gasteiger partial charge in [-0.1, -0.05) is 6.92 Å². The maximum Gasteiger partial charge on any atom is 0.573 e. The van der Waals surface area contributed by atoms with E-state index in [-0.39, 0.29) is 23.6 Å². The molecule has 8 heteroatoms. The molecule has 0 amide bonds. The molecule has 0 bridgehead atoms. The second-order valence-corrected chi connectivity index (χ2v) is 6.28. The van der Waals surface area contributed by atoms with Gasteiger partial charge in [-0.2, -0.15) is 0 Å². The molecule has 1 rings (SSSR count). The van der Waals surface area contributed by atoms with Crippen LogP contribution in [0.1, 0.15) is 18.9 Å². The molecule has 0 spiro atoms. The number of halogens is 3. The highest BCUT2D eigenvalue weighted by molar-refractivity contribution is 7.91. The Kier molecular flexibility index (Phi) is 5.41. The fourth-order valence-corrected chi connectivity index (χ4v) is 3.01. The molecule has 0 aliphatic heterocycles. The lowest BCUT2D eigenvalue weighted by Gasteiger charge is -2.12. The molecule has 0 saturated heterocycles. The second kappa shape index (κ2) is 6.45. The average Bonchev–Trinajstić information content (AvgIpc) is 2.34. The van der Waals surface area contributed by atoms with Crippen LogP contribution in [-0.4, -0.2) is 27.1 Å². The third-order valence-electron chi connectivity index (χ3n) is 2.56. The zero-order chi connectivity index (χ0) is 15.4. The second-order valence-electron chi connectivity index (χ2n) is 4.18. The van der Waals surface area contributed by atoms with Crippen LogP contribution in [0.2, 0.25) is 0 Å². The van der Waals surface area contributed by atoms with Crippen molar-refractivity contribution < 1.29 is 26.3 Å². The Morgan fingerprint density at radius 3 is 2.40 bits per heavy atom. The molecule has 0 heterocycles. The Morgan fingerprint density at radius 1 is 1.25 bits per heavy atom. The van der Waals surface area contributed by atoms with Crippen molar-refractivity contribution in [2.75, 3.05) is 12.3 Å². The lowest BCUT2D eigenvalue weighted by molar-refractivity contribution is -0.274. The molecule has 4 nitrogen and oxygen atoms in total. The standard InChI is InChI=1S/C12H16F3NO3S/c1-2-9-6-10(19-12(13,14)15)8-11(7-9)20(17,18)5-3-4-16/h6-8H,2-5,16H2,1H3. The van der Waals surface area contributed by atoms with E-state index in [2.05, 4.69) is 4.74 Å². The SMILES string of the molecule is CCc1cc(OC(F)(F)F)cc(S(=O)(=O)CCCN)c1. The molecule has 1 aromatic rings. The predicted octanol–water partition coefficient (Wildman–Crippen LogP) is 2.27. The van der Waals surface area contributed by atoms with Gasteiger partial charge in [-0.05, 0) is 43.1 Å². The van der Waals surface area contributed by atoms with Gasteiger partial charge in [0.05, 0.1) is 10.6 Å². The number of hydrogen-bond acceptors (Lipinski definition) is 4. The molecule has 0 saturated carbocycles. The molecule has 20 heavy (non-hydrogen) atoms. The fraction of sp³-hybridized carbons (Fsp3) is 0.500. The van der Waals surface area contributed by atoms with Gasteiger partial charge < -0.3 is 10.5 Å². The number of benzene rings is 1. The van der Waals surface area contributed by atoms with E-state index in [0.717, 1.165) is 6.07 Å². The fourth-order valence-electron chi connectivity index (χ4n) is 1.60. The molecule has 114 valence electrons. The highest BCUT2D eigenvalue weighted by Crippen LogP contribution is 2.27. The molecule has 0 radical (unpaired) electrons. The number of rotatable bonds is 6. The Hall–Kier alpha value is -1.28. The summed E-state index contributed by atoms with van der Waals surface area (Å²) in [7, 11) is -3.66. The van der Waals surface area contributed by atoms with E-state index < -0.39 is 21.9 Å². The molecular weight excluding hydrogens is 295 g/mol. The van der Waals surface area contributed by atoms with Crippen molar-refractivity contribution in [3.05, 3.63) is 23.8 Å². The minimum atomic E-state index is -4.86. The lowest BCUT2D eigenvalue weighted by Crippen LogP contribution is -2.18. The van der Waals surface area contributed by atoms with Crippen LogP contribution in [0.3, 0.4) is 0 Å². The lowest BCUT2D eigenvalue weighted by atomic mass is 10.2. The maximum absolute atomic E-state index is 12.2. The molecule has 0 atom stereocenters. The van der Waals surface area contributed by atoms with E-state index in [1.807, 2.05) is 0 Å². The quantitative estimate of drug-likeness (QED) is 0.875. The van der Waals surface area contributed by atoms with Gasteiger partial charge in [0.15, 0.2) is 9.84 Å². The number of alkyl halides is 3. The van der Waals surface area contributed by atoms with Crippen molar-refractivity contribution in [1.82, 2.24) is 0 Å². The van der Waals surface area contributed by atoms with Crippen LogP contribution >= 0.6 is 0 Å². The van der Waals surface area contributed by atoms with Crippen molar-refractivity contribution in [1.29, 1.82) is 0 Å². The van der Waals surface area contributed by atoms with Crippen molar-refractivity contribution in [2.45, 2.75) is 31.0 Å². The van der Waals surface area contributed by atoms with E-state index >= 15 is 0 Å². The zero-order valence-corrected chi connectivity index (χ0v) is 11.7. The van der Waals surface area contributed by atoms with Crippen LogP contribution in [-0.2, 0) is 16.3 Å². The minimum Gasteiger partial charge on any atom is -0.406 e. The molecule has 2 N–H and O–H groups in total. The molecular formula is C12H16F3NO3S. The summed E-state index contributed by atoms with van der Waals surface area (Å²) >= 11 is 0. The van der Waals surface area contributed by atoms with Gasteiger partial charge in [-0.3, -0.25) is 0 Å². The number of hydrogen-bond donors (Lipinski definition) is 1. The molecule has 0 aliphatic carbocycles. The maximum atomic E-state index is 12.2. The first-order chi connectivity index (χ1) is 9.18. The van der Waals surface area contributed by atoms with Crippen LogP contribution in [0.4, 0.5) is 13.2 Å². The van der Waals surface area contributed by atoms with Gasteiger partial charge in [-0.25, -0.2) is 8.42 Å². The van der Waals surface area contributed by atoms with Gasteiger partial charge in [0.2, 0.25) is 0 Å². The normalized spacial score (nSPS) is 12.4. The monoisotopic (exact) mass is 311 g/mol. The van der Waals surface area contributed by atoms with Gasteiger partial charge in [0.25, 0.3) is 0 Å². The van der Waals surface area contributed by atoms with E-state index in [9.17, 15) is 21.6 Å². The number of aryl methyl sites for hydroxylation is 1. The summed E-state index contributed by atoms with van der Waals surface area (Å²) in [5.74, 6) is -0.731. The van der Waals surface area contributed by atoms with E-state index in [4.69, 9.17) is 5.73 Å². The van der Waals surface area contributed by atoms with Crippen molar-refractivity contribution >= 4 is 9.84 Å². The van der Waals surface area contributed by atoms with Crippen LogP contribution in [0.5, 0.6) is 5.75 Å². The van der Waals surface area contributed by atoms with Crippen LogP contribution < -0.4 is 10.5 Å². The first kappa shape index (κ1) is 16.8. The van der Waals surface area contributed by atoms with Crippen LogP contribution in [0, 0.1) is 0 Å². The van der Waals surface area contributed by atoms with Gasteiger partial charge in [0.1, 0.15) is 5.75 Å². The topological polar surface area (TPSA) is 69.4 Å². The molecule has 0 aromatic heterocycles. The Balaban J connectivity index is 3.17. The minimum absolute atomic E-state index is 0.176. The van der Waals surface area contributed by atoms with E-state index in [1.165, 1.54) is 12.1 Å². The number of ether oxygens (including phenoxy) is 1. The van der Waals surface area contributed by atoms with Crippen LogP contribution in [0.25, 0.3) is 0 Å². The predicted molar refractivity (Wildman–Crippen MR) is 68.2 cm³/mol.